The van der Waals surface area contributed by atoms with Crippen LogP contribution in [0.5, 0.6) is 0 Å². The van der Waals surface area contributed by atoms with E-state index >= 15 is 0 Å². The number of hydrogen-bond acceptors (Lipinski definition) is 2. The molecule has 0 aliphatic heterocycles. The van der Waals surface area contributed by atoms with E-state index in [-0.39, 0.29) is 11.6 Å². The Morgan fingerprint density at radius 2 is 1.86 bits per heavy atom. The molecule has 1 aromatic heterocycles. The number of nitrogens with one attached hydrogen (secondary N) is 3. The monoisotopic (exact) mass is 345 g/mol. The Labute approximate surface area is 128 Å². The Kier molecular flexibility index (Phi) is 3.39. The van der Waals surface area contributed by atoms with Crippen molar-refractivity contribution in [2.75, 3.05) is 5.32 Å². The van der Waals surface area contributed by atoms with Gasteiger partial charge in [0.1, 0.15) is 0 Å². The number of amides is 1. The molecule has 5 nitrogen and oxygen atoms in total. The van der Waals surface area contributed by atoms with Crippen LogP contribution in [-0.4, -0.2) is 15.9 Å². The number of imidazole rings is 1. The Bertz CT molecular complexity index is 895. The SMILES string of the molecule is Cc1cccc(C(=O)Nc2cc3[nH]c(=O)[nH]c3cc2Br)c1. The van der Waals surface area contributed by atoms with Gasteiger partial charge in [-0.05, 0) is 47.1 Å². The van der Waals surface area contributed by atoms with Crippen molar-refractivity contribution in [3.63, 3.8) is 0 Å². The van der Waals surface area contributed by atoms with Crippen LogP contribution in [0.2, 0.25) is 0 Å². The summed E-state index contributed by atoms with van der Waals surface area (Å²) in [5, 5.41) is 2.83. The Hall–Kier alpha value is -2.34. The van der Waals surface area contributed by atoms with E-state index in [1.165, 1.54) is 0 Å². The lowest BCUT2D eigenvalue weighted by molar-refractivity contribution is 0.102. The molecule has 1 amide bonds. The molecule has 0 aliphatic carbocycles. The molecule has 1 heterocycles. The van der Waals surface area contributed by atoms with Crippen molar-refractivity contribution in [2.45, 2.75) is 6.92 Å². The highest BCUT2D eigenvalue weighted by molar-refractivity contribution is 9.10. The van der Waals surface area contributed by atoms with Crippen LogP contribution < -0.4 is 11.0 Å². The number of carbonyl (C=O) groups is 1. The van der Waals surface area contributed by atoms with E-state index < -0.39 is 0 Å². The molecule has 6 heteroatoms. The van der Waals surface area contributed by atoms with E-state index in [9.17, 15) is 9.59 Å². The third-order valence-electron chi connectivity index (χ3n) is 3.13. The van der Waals surface area contributed by atoms with Gasteiger partial charge in [0.05, 0.1) is 16.7 Å². The maximum absolute atomic E-state index is 12.2. The summed E-state index contributed by atoms with van der Waals surface area (Å²) in [4.78, 5) is 28.9. The standard InChI is InChI=1S/C15H12BrN3O2/c1-8-3-2-4-9(5-8)14(20)17-11-7-13-12(6-10(11)16)18-15(21)19-13/h2-7H,1H3,(H,17,20)(H2,18,19,21). The average molecular weight is 346 g/mol. The highest BCUT2D eigenvalue weighted by atomic mass is 79.9. The summed E-state index contributed by atoms with van der Waals surface area (Å²) in [6.07, 6.45) is 0. The predicted octanol–water partition coefficient (Wildman–Crippen LogP) is 3.18. The van der Waals surface area contributed by atoms with Crippen LogP contribution in [-0.2, 0) is 0 Å². The Balaban J connectivity index is 1.95. The zero-order chi connectivity index (χ0) is 15.0. The maximum atomic E-state index is 12.2. The molecular weight excluding hydrogens is 334 g/mol. The van der Waals surface area contributed by atoms with Gasteiger partial charge in [0, 0.05) is 10.0 Å². The van der Waals surface area contributed by atoms with Gasteiger partial charge in [0.15, 0.2) is 0 Å². The molecule has 0 saturated carbocycles. The summed E-state index contributed by atoms with van der Waals surface area (Å²) >= 11 is 3.39. The first-order chi connectivity index (χ1) is 10.0. The molecule has 2 aromatic carbocycles. The molecule has 0 atom stereocenters. The third-order valence-corrected chi connectivity index (χ3v) is 3.79. The molecule has 3 rings (SSSR count). The van der Waals surface area contributed by atoms with Gasteiger partial charge in [0.2, 0.25) is 0 Å². The normalized spacial score (nSPS) is 10.8. The summed E-state index contributed by atoms with van der Waals surface area (Å²) in [5.41, 5.74) is 3.25. The molecule has 0 fully saturated rings. The summed E-state index contributed by atoms with van der Waals surface area (Å²) in [6, 6.07) is 10.8. The lowest BCUT2D eigenvalue weighted by Gasteiger charge is -2.08. The summed E-state index contributed by atoms with van der Waals surface area (Å²) in [6.45, 7) is 1.93. The van der Waals surface area contributed by atoms with Gasteiger partial charge in [-0.3, -0.25) is 4.79 Å². The third kappa shape index (κ3) is 2.75. The van der Waals surface area contributed by atoms with Gasteiger partial charge in [-0.1, -0.05) is 17.7 Å². The van der Waals surface area contributed by atoms with Crippen LogP contribution in [0.1, 0.15) is 15.9 Å². The minimum absolute atomic E-state index is 0.198. The quantitative estimate of drug-likeness (QED) is 0.666. The molecule has 0 aliphatic rings. The van der Waals surface area contributed by atoms with E-state index in [0.29, 0.717) is 26.8 Å². The van der Waals surface area contributed by atoms with Crippen LogP contribution >= 0.6 is 15.9 Å². The second-order valence-electron chi connectivity index (χ2n) is 4.78. The van der Waals surface area contributed by atoms with Crippen molar-refractivity contribution >= 4 is 38.6 Å². The summed E-state index contributed by atoms with van der Waals surface area (Å²) in [5.74, 6) is -0.198. The number of fused-ring (bicyclic) bond motifs is 1. The minimum atomic E-state index is -0.279. The minimum Gasteiger partial charge on any atom is -0.321 e. The van der Waals surface area contributed by atoms with Crippen molar-refractivity contribution in [3.05, 3.63) is 62.5 Å². The lowest BCUT2D eigenvalue weighted by atomic mass is 10.1. The van der Waals surface area contributed by atoms with Crippen molar-refractivity contribution in [3.8, 4) is 0 Å². The first-order valence-electron chi connectivity index (χ1n) is 6.32. The van der Waals surface area contributed by atoms with E-state index in [0.717, 1.165) is 5.56 Å². The van der Waals surface area contributed by atoms with Gasteiger partial charge >= 0.3 is 5.69 Å². The first-order valence-corrected chi connectivity index (χ1v) is 7.12. The topological polar surface area (TPSA) is 77.8 Å². The van der Waals surface area contributed by atoms with Crippen LogP contribution in [0.25, 0.3) is 11.0 Å². The number of H-pyrrole nitrogens is 2. The van der Waals surface area contributed by atoms with Gasteiger partial charge in [-0.25, -0.2) is 4.79 Å². The molecule has 21 heavy (non-hydrogen) atoms. The van der Waals surface area contributed by atoms with Crippen LogP contribution in [0.15, 0.2) is 45.7 Å². The predicted molar refractivity (Wildman–Crippen MR) is 85.8 cm³/mol. The fourth-order valence-corrected chi connectivity index (χ4v) is 2.58. The lowest BCUT2D eigenvalue weighted by Crippen LogP contribution is -2.12. The van der Waals surface area contributed by atoms with E-state index in [1.54, 1.807) is 18.2 Å². The number of benzene rings is 2. The second-order valence-corrected chi connectivity index (χ2v) is 5.63. The van der Waals surface area contributed by atoms with E-state index in [4.69, 9.17) is 0 Å². The summed E-state index contributed by atoms with van der Waals surface area (Å²) in [7, 11) is 0. The molecule has 3 N–H and O–H groups in total. The zero-order valence-electron chi connectivity index (χ0n) is 11.2. The van der Waals surface area contributed by atoms with Crippen molar-refractivity contribution < 1.29 is 4.79 Å². The van der Waals surface area contributed by atoms with Crippen molar-refractivity contribution in [2.24, 2.45) is 0 Å². The number of aryl methyl sites for hydroxylation is 1. The molecule has 0 unspecified atom stereocenters. The Morgan fingerprint density at radius 3 is 2.57 bits per heavy atom. The number of aromatic amines is 2. The van der Waals surface area contributed by atoms with Crippen LogP contribution in [0.4, 0.5) is 5.69 Å². The number of aromatic nitrogens is 2. The first kappa shape index (κ1) is 13.6. The largest absolute Gasteiger partial charge is 0.323 e. The molecule has 0 saturated heterocycles. The smallest absolute Gasteiger partial charge is 0.321 e. The van der Waals surface area contributed by atoms with Gasteiger partial charge in [0.25, 0.3) is 5.91 Å². The fraction of sp³-hybridized carbons (Fsp3) is 0.0667. The van der Waals surface area contributed by atoms with Gasteiger partial charge < -0.3 is 15.3 Å². The summed E-state index contributed by atoms with van der Waals surface area (Å²) < 4.78 is 0.700. The molecule has 3 aromatic rings. The molecule has 0 bridgehead atoms. The second kappa shape index (κ2) is 5.21. The number of rotatable bonds is 2. The average Bonchev–Trinajstić information content (AvgIpc) is 2.78. The van der Waals surface area contributed by atoms with E-state index in [1.807, 2.05) is 25.1 Å². The van der Waals surface area contributed by atoms with Crippen molar-refractivity contribution in [1.82, 2.24) is 9.97 Å². The Morgan fingerprint density at radius 1 is 1.14 bits per heavy atom. The number of anilines is 1. The van der Waals surface area contributed by atoms with Crippen LogP contribution in [0.3, 0.4) is 0 Å². The van der Waals surface area contributed by atoms with E-state index in [2.05, 4.69) is 31.2 Å². The zero-order valence-corrected chi connectivity index (χ0v) is 12.7. The maximum Gasteiger partial charge on any atom is 0.323 e. The molecular formula is C15H12BrN3O2. The highest BCUT2D eigenvalue weighted by Gasteiger charge is 2.10. The number of carbonyl (C=O) groups excluding carboxylic acids is 1. The molecule has 106 valence electrons. The fourth-order valence-electron chi connectivity index (χ4n) is 2.13. The van der Waals surface area contributed by atoms with Crippen LogP contribution in [0, 0.1) is 6.92 Å². The molecule has 0 spiro atoms. The number of hydrogen-bond donors (Lipinski definition) is 3. The van der Waals surface area contributed by atoms with Gasteiger partial charge in [-0.15, -0.1) is 0 Å². The number of halogens is 1. The molecule has 0 radical (unpaired) electrons. The highest BCUT2D eigenvalue weighted by Crippen LogP contribution is 2.26. The van der Waals surface area contributed by atoms with Crippen molar-refractivity contribution in [1.29, 1.82) is 0 Å². The van der Waals surface area contributed by atoms with Gasteiger partial charge in [-0.2, -0.15) is 0 Å².